The second-order valence-electron chi connectivity index (χ2n) is 6.40. The zero-order chi connectivity index (χ0) is 17.6. The Morgan fingerprint density at radius 2 is 2.04 bits per heavy atom. The van der Waals surface area contributed by atoms with Crippen LogP contribution < -0.4 is 15.5 Å². The Hall–Kier alpha value is -2.27. The summed E-state index contributed by atoms with van der Waals surface area (Å²) >= 11 is 6.05. The number of para-hydroxylation sites is 1. The normalized spacial score (nSPS) is 15.0. The van der Waals surface area contributed by atoms with E-state index in [0.29, 0.717) is 23.2 Å². The average Bonchev–Trinajstić information content (AvgIpc) is 2.62. The Labute approximate surface area is 153 Å². The van der Waals surface area contributed by atoms with Crippen LogP contribution >= 0.6 is 11.6 Å². The van der Waals surface area contributed by atoms with E-state index in [1.807, 2.05) is 25.3 Å². The first-order chi connectivity index (χ1) is 12.1. The molecule has 5 nitrogen and oxygen atoms in total. The molecule has 6 heteroatoms. The van der Waals surface area contributed by atoms with Gasteiger partial charge in [-0.15, -0.1) is 0 Å². The van der Waals surface area contributed by atoms with Crippen molar-refractivity contribution in [3.05, 3.63) is 53.3 Å². The number of carbonyl (C=O) groups is 1. The second-order valence-corrected chi connectivity index (χ2v) is 6.81. The van der Waals surface area contributed by atoms with Crippen molar-refractivity contribution in [3.8, 4) is 0 Å². The zero-order valence-corrected chi connectivity index (χ0v) is 15.1. The van der Waals surface area contributed by atoms with Gasteiger partial charge in [-0.2, -0.15) is 0 Å². The van der Waals surface area contributed by atoms with E-state index in [-0.39, 0.29) is 6.03 Å². The fourth-order valence-corrected chi connectivity index (χ4v) is 3.27. The number of anilines is 2. The topological polar surface area (TPSA) is 57.3 Å². The van der Waals surface area contributed by atoms with Gasteiger partial charge in [0.2, 0.25) is 0 Å². The molecule has 0 atom stereocenters. The number of urea groups is 1. The highest BCUT2D eigenvalue weighted by molar-refractivity contribution is 6.33. The Kier molecular flexibility index (Phi) is 5.76. The first kappa shape index (κ1) is 17.5. The van der Waals surface area contributed by atoms with Gasteiger partial charge in [-0.3, -0.25) is 4.98 Å². The minimum Gasteiger partial charge on any atom is -0.371 e. The molecule has 2 heterocycles. The number of hydrogen-bond acceptors (Lipinski definition) is 3. The number of rotatable bonds is 4. The number of aryl methyl sites for hydroxylation is 1. The number of pyridine rings is 1. The van der Waals surface area contributed by atoms with Crippen molar-refractivity contribution in [3.63, 3.8) is 0 Å². The van der Waals surface area contributed by atoms with Crippen LogP contribution in [0.5, 0.6) is 0 Å². The van der Waals surface area contributed by atoms with Crippen molar-refractivity contribution in [1.82, 2.24) is 10.3 Å². The van der Waals surface area contributed by atoms with Crippen molar-refractivity contribution < 1.29 is 4.79 Å². The molecule has 1 aliphatic rings. The predicted molar refractivity (Wildman–Crippen MR) is 102 cm³/mol. The van der Waals surface area contributed by atoms with E-state index >= 15 is 0 Å². The second kappa shape index (κ2) is 8.21. The van der Waals surface area contributed by atoms with Gasteiger partial charge < -0.3 is 15.5 Å². The molecule has 0 saturated carbocycles. The van der Waals surface area contributed by atoms with Crippen LogP contribution in [0.4, 0.5) is 16.2 Å². The third kappa shape index (κ3) is 4.86. The molecule has 1 aliphatic heterocycles. The summed E-state index contributed by atoms with van der Waals surface area (Å²) in [7, 11) is 0. The maximum Gasteiger partial charge on any atom is 0.319 e. The summed E-state index contributed by atoms with van der Waals surface area (Å²) in [6, 6.07) is 11.2. The number of nitrogens with zero attached hydrogens (tertiary/aromatic N) is 2. The third-order valence-electron chi connectivity index (χ3n) is 4.53. The molecule has 0 spiro atoms. The summed E-state index contributed by atoms with van der Waals surface area (Å²) in [4.78, 5) is 18.7. The van der Waals surface area contributed by atoms with Crippen LogP contribution in [0, 0.1) is 12.8 Å². The minimum atomic E-state index is -0.208. The lowest BCUT2D eigenvalue weighted by molar-refractivity contribution is 0.248. The maximum absolute atomic E-state index is 12.0. The largest absolute Gasteiger partial charge is 0.371 e. The van der Waals surface area contributed by atoms with Crippen molar-refractivity contribution >= 4 is 29.0 Å². The van der Waals surface area contributed by atoms with Crippen LogP contribution in [-0.2, 0) is 0 Å². The maximum atomic E-state index is 12.0. The molecule has 0 radical (unpaired) electrons. The van der Waals surface area contributed by atoms with Gasteiger partial charge in [0.05, 0.1) is 10.7 Å². The first-order valence-electron chi connectivity index (χ1n) is 8.59. The van der Waals surface area contributed by atoms with E-state index in [1.54, 1.807) is 12.1 Å². The number of hydrogen-bond donors (Lipinski definition) is 2. The number of nitrogens with one attached hydrogen (secondary N) is 2. The first-order valence-corrected chi connectivity index (χ1v) is 8.96. The van der Waals surface area contributed by atoms with Crippen LogP contribution in [0.2, 0.25) is 5.02 Å². The van der Waals surface area contributed by atoms with E-state index in [0.717, 1.165) is 31.6 Å². The molecule has 0 unspecified atom stereocenters. The van der Waals surface area contributed by atoms with Crippen molar-refractivity contribution in [2.75, 3.05) is 29.9 Å². The molecule has 1 aromatic heterocycles. The van der Waals surface area contributed by atoms with E-state index in [2.05, 4.69) is 32.7 Å². The summed E-state index contributed by atoms with van der Waals surface area (Å²) in [5.74, 6) is 0.496. The van der Waals surface area contributed by atoms with Crippen molar-refractivity contribution in [1.29, 1.82) is 0 Å². The van der Waals surface area contributed by atoms with E-state index in [9.17, 15) is 4.79 Å². The van der Waals surface area contributed by atoms with Crippen LogP contribution in [0.1, 0.15) is 18.5 Å². The fourth-order valence-electron chi connectivity index (χ4n) is 3.09. The SMILES string of the molecule is Cc1cc(N2CCC(CNC(=O)Nc3ccccc3Cl)CC2)ccn1. The lowest BCUT2D eigenvalue weighted by Crippen LogP contribution is -2.39. The third-order valence-corrected chi connectivity index (χ3v) is 4.86. The molecule has 1 aromatic carbocycles. The van der Waals surface area contributed by atoms with Gasteiger partial charge in [-0.25, -0.2) is 4.79 Å². The van der Waals surface area contributed by atoms with Crippen LogP contribution in [0.3, 0.4) is 0 Å². The monoisotopic (exact) mass is 358 g/mol. The van der Waals surface area contributed by atoms with Crippen molar-refractivity contribution in [2.45, 2.75) is 19.8 Å². The highest BCUT2D eigenvalue weighted by Gasteiger charge is 2.20. The molecular weight excluding hydrogens is 336 g/mol. The fraction of sp³-hybridized carbons (Fsp3) is 0.368. The molecule has 0 bridgehead atoms. The van der Waals surface area contributed by atoms with Gasteiger partial charge in [0.15, 0.2) is 0 Å². The molecule has 1 saturated heterocycles. The average molecular weight is 359 g/mol. The number of benzene rings is 1. The Balaban J connectivity index is 1.43. The van der Waals surface area contributed by atoms with Crippen molar-refractivity contribution in [2.24, 2.45) is 5.92 Å². The van der Waals surface area contributed by atoms with Gasteiger partial charge in [-0.05, 0) is 49.9 Å². The minimum absolute atomic E-state index is 0.208. The number of aromatic nitrogens is 1. The highest BCUT2D eigenvalue weighted by Crippen LogP contribution is 2.23. The summed E-state index contributed by atoms with van der Waals surface area (Å²) in [6.07, 6.45) is 3.98. The highest BCUT2D eigenvalue weighted by atomic mass is 35.5. The van der Waals surface area contributed by atoms with Crippen LogP contribution in [0.25, 0.3) is 0 Å². The van der Waals surface area contributed by atoms with Gasteiger partial charge in [0, 0.05) is 37.2 Å². The Bertz CT molecular complexity index is 729. The number of halogens is 1. The van der Waals surface area contributed by atoms with E-state index in [1.165, 1.54) is 5.69 Å². The molecule has 2 aromatic rings. The summed E-state index contributed by atoms with van der Waals surface area (Å²) in [5, 5.41) is 6.29. The zero-order valence-electron chi connectivity index (χ0n) is 14.3. The van der Waals surface area contributed by atoms with Crippen LogP contribution in [-0.4, -0.2) is 30.6 Å². The molecule has 0 aliphatic carbocycles. The lowest BCUT2D eigenvalue weighted by Gasteiger charge is -2.33. The summed E-state index contributed by atoms with van der Waals surface area (Å²) in [5.41, 5.74) is 2.90. The van der Waals surface area contributed by atoms with Crippen LogP contribution in [0.15, 0.2) is 42.6 Å². The molecule has 2 N–H and O–H groups in total. The van der Waals surface area contributed by atoms with Gasteiger partial charge in [0.1, 0.15) is 0 Å². The number of carbonyl (C=O) groups excluding carboxylic acids is 1. The molecular formula is C19H23ClN4O. The molecule has 132 valence electrons. The lowest BCUT2D eigenvalue weighted by atomic mass is 9.96. The summed E-state index contributed by atoms with van der Waals surface area (Å²) in [6.45, 7) is 4.70. The number of amides is 2. The molecule has 25 heavy (non-hydrogen) atoms. The van der Waals surface area contributed by atoms with Gasteiger partial charge in [-0.1, -0.05) is 23.7 Å². The van der Waals surface area contributed by atoms with Gasteiger partial charge >= 0.3 is 6.03 Å². The standard InChI is InChI=1S/C19H23ClN4O/c1-14-12-16(6-9-21-14)24-10-7-15(8-11-24)13-22-19(25)23-18-5-3-2-4-17(18)20/h2-6,9,12,15H,7-8,10-11,13H2,1H3,(H2,22,23,25). The number of piperidine rings is 1. The smallest absolute Gasteiger partial charge is 0.319 e. The Morgan fingerprint density at radius 1 is 1.28 bits per heavy atom. The van der Waals surface area contributed by atoms with Gasteiger partial charge in [0.25, 0.3) is 0 Å². The Morgan fingerprint density at radius 3 is 2.76 bits per heavy atom. The van der Waals surface area contributed by atoms with E-state index in [4.69, 9.17) is 11.6 Å². The molecule has 1 fully saturated rings. The predicted octanol–water partition coefficient (Wildman–Crippen LogP) is 4.08. The molecule has 2 amide bonds. The van der Waals surface area contributed by atoms with E-state index < -0.39 is 0 Å². The molecule has 3 rings (SSSR count). The summed E-state index contributed by atoms with van der Waals surface area (Å²) < 4.78 is 0. The quantitative estimate of drug-likeness (QED) is 0.865.